The smallest absolute Gasteiger partial charge is 0.254 e. The van der Waals surface area contributed by atoms with Gasteiger partial charge in [-0.2, -0.15) is 0 Å². The van der Waals surface area contributed by atoms with E-state index in [1.807, 2.05) is 37.2 Å². The van der Waals surface area contributed by atoms with E-state index in [4.69, 9.17) is 4.42 Å². The molecular formula is C24H25ClN2O3. The quantitative estimate of drug-likeness (QED) is 0.576. The topological polar surface area (TPSA) is 53.8 Å². The number of ketones is 1. The molecule has 0 atom stereocenters. The first-order valence-electron chi connectivity index (χ1n) is 9.75. The van der Waals surface area contributed by atoms with Crippen LogP contribution in [0.1, 0.15) is 43.4 Å². The normalized spacial score (nSPS) is 13.0. The Morgan fingerprint density at radius 3 is 2.27 bits per heavy atom. The number of halogens is 1. The summed E-state index contributed by atoms with van der Waals surface area (Å²) in [5, 5.41) is 0. The molecule has 0 radical (unpaired) electrons. The number of furan rings is 1. The third kappa shape index (κ3) is 4.64. The largest absolute Gasteiger partial charge is 0.464 e. The zero-order chi connectivity index (χ0) is 20.4. The lowest BCUT2D eigenvalue weighted by atomic mass is 10.0. The maximum absolute atomic E-state index is 12.9. The van der Waals surface area contributed by atoms with E-state index in [9.17, 15) is 9.59 Å². The molecule has 2 aromatic carbocycles. The lowest BCUT2D eigenvalue weighted by molar-refractivity contribution is 0.0729. The van der Waals surface area contributed by atoms with E-state index in [2.05, 4.69) is 11.0 Å². The van der Waals surface area contributed by atoms with Crippen molar-refractivity contribution in [2.45, 2.75) is 19.5 Å². The lowest BCUT2D eigenvalue weighted by Crippen LogP contribution is -2.35. The molecule has 1 aromatic heterocycles. The molecule has 0 spiro atoms. The van der Waals surface area contributed by atoms with Gasteiger partial charge < -0.3 is 14.2 Å². The molecule has 0 saturated carbocycles. The summed E-state index contributed by atoms with van der Waals surface area (Å²) < 4.78 is 5.92. The van der Waals surface area contributed by atoms with Crippen LogP contribution in [0.15, 0.2) is 65.1 Å². The van der Waals surface area contributed by atoms with Gasteiger partial charge in [-0.1, -0.05) is 42.5 Å². The number of carbonyl (C=O) groups excluding carboxylic acids is 2. The van der Waals surface area contributed by atoms with Crippen LogP contribution in [0.25, 0.3) is 0 Å². The molecule has 1 aliphatic heterocycles. The van der Waals surface area contributed by atoms with Crippen molar-refractivity contribution in [3.05, 3.63) is 94.4 Å². The standard InChI is InChI=1S/C24H24N2O3.ClH/c1-25(2)16-21-14-20-15-26(13-12-22(20)29-21)24(28)19-10-8-18(9-11-19)23(27)17-6-4-3-5-7-17;/h3-11,14H,12-13,15-16H2,1-2H3;1H. The van der Waals surface area contributed by atoms with Crippen molar-refractivity contribution < 1.29 is 14.0 Å². The van der Waals surface area contributed by atoms with Gasteiger partial charge in [0.1, 0.15) is 11.5 Å². The molecule has 0 aliphatic carbocycles. The average Bonchev–Trinajstić information content (AvgIpc) is 3.14. The molecule has 156 valence electrons. The highest BCUT2D eigenvalue weighted by Gasteiger charge is 2.25. The van der Waals surface area contributed by atoms with Crippen LogP contribution < -0.4 is 0 Å². The first-order chi connectivity index (χ1) is 14.0. The van der Waals surface area contributed by atoms with E-state index in [1.54, 1.807) is 36.4 Å². The Morgan fingerprint density at radius 2 is 1.60 bits per heavy atom. The van der Waals surface area contributed by atoms with E-state index in [1.165, 1.54) is 0 Å². The Labute approximate surface area is 182 Å². The van der Waals surface area contributed by atoms with Crippen molar-refractivity contribution in [2.75, 3.05) is 20.6 Å². The predicted octanol–water partition coefficient (Wildman–Crippen LogP) is 4.19. The molecule has 0 unspecified atom stereocenters. The maximum Gasteiger partial charge on any atom is 0.254 e. The summed E-state index contributed by atoms with van der Waals surface area (Å²) in [6.45, 7) is 1.93. The van der Waals surface area contributed by atoms with Gasteiger partial charge in [-0.05, 0) is 32.3 Å². The molecule has 0 fully saturated rings. The second kappa shape index (κ2) is 9.28. The fraction of sp³-hybridized carbons (Fsp3) is 0.250. The summed E-state index contributed by atoms with van der Waals surface area (Å²) in [5.41, 5.74) is 2.90. The van der Waals surface area contributed by atoms with Crippen molar-refractivity contribution in [2.24, 2.45) is 0 Å². The number of hydrogen-bond donors (Lipinski definition) is 0. The number of carbonyl (C=O) groups is 2. The van der Waals surface area contributed by atoms with Gasteiger partial charge in [0.25, 0.3) is 5.91 Å². The Bertz CT molecular complexity index is 1030. The summed E-state index contributed by atoms with van der Waals surface area (Å²) in [6, 6.07) is 18.1. The Hall–Kier alpha value is -2.89. The monoisotopic (exact) mass is 424 g/mol. The Morgan fingerprint density at radius 1 is 0.967 bits per heavy atom. The van der Waals surface area contributed by atoms with Crippen molar-refractivity contribution in [3.63, 3.8) is 0 Å². The fourth-order valence-corrected chi connectivity index (χ4v) is 3.66. The van der Waals surface area contributed by atoms with Gasteiger partial charge in [0.05, 0.1) is 6.54 Å². The first kappa shape index (κ1) is 21.8. The van der Waals surface area contributed by atoms with Gasteiger partial charge in [-0.15, -0.1) is 12.4 Å². The van der Waals surface area contributed by atoms with Crippen LogP contribution in [0.5, 0.6) is 0 Å². The second-order valence-electron chi connectivity index (χ2n) is 7.65. The van der Waals surface area contributed by atoms with E-state index in [0.717, 1.165) is 30.0 Å². The number of amides is 1. The zero-order valence-corrected chi connectivity index (χ0v) is 17.9. The van der Waals surface area contributed by atoms with Crippen LogP contribution in [0.4, 0.5) is 0 Å². The summed E-state index contributed by atoms with van der Waals surface area (Å²) in [5.74, 6) is 1.84. The van der Waals surface area contributed by atoms with E-state index in [0.29, 0.717) is 29.8 Å². The number of hydrogen-bond acceptors (Lipinski definition) is 4. The van der Waals surface area contributed by atoms with Gasteiger partial charge in [0.15, 0.2) is 5.78 Å². The van der Waals surface area contributed by atoms with Crippen molar-refractivity contribution in [3.8, 4) is 0 Å². The number of fused-ring (bicyclic) bond motifs is 1. The van der Waals surface area contributed by atoms with Gasteiger partial charge in [0, 0.05) is 41.8 Å². The summed E-state index contributed by atoms with van der Waals surface area (Å²) in [4.78, 5) is 29.4. The Balaban J connectivity index is 0.00000256. The van der Waals surface area contributed by atoms with Gasteiger partial charge >= 0.3 is 0 Å². The molecule has 2 heterocycles. The molecular weight excluding hydrogens is 400 g/mol. The molecule has 4 rings (SSSR count). The van der Waals surface area contributed by atoms with Crippen LogP contribution in [-0.2, 0) is 19.5 Å². The van der Waals surface area contributed by atoms with Crippen LogP contribution in [0.3, 0.4) is 0 Å². The summed E-state index contributed by atoms with van der Waals surface area (Å²) in [6.07, 6.45) is 0.721. The molecule has 5 nitrogen and oxygen atoms in total. The SMILES string of the molecule is CN(C)Cc1cc2c(o1)CCN(C(=O)c1ccc(C(=O)c3ccccc3)cc1)C2.Cl. The van der Waals surface area contributed by atoms with Crippen LogP contribution in [0.2, 0.25) is 0 Å². The van der Waals surface area contributed by atoms with Gasteiger partial charge in [-0.25, -0.2) is 0 Å². The Kier molecular flexibility index (Phi) is 6.75. The number of nitrogens with zero attached hydrogens (tertiary/aromatic N) is 2. The second-order valence-corrected chi connectivity index (χ2v) is 7.65. The summed E-state index contributed by atoms with van der Waals surface area (Å²) >= 11 is 0. The highest BCUT2D eigenvalue weighted by molar-refractivity contribution is 6.09. The highest BCUT2D eigenvalue weighted by Crippen LogP contribution is 2.25. The average molecular weight is 425 g/mol. The molecule has 0 bridgehead atoms. The number of rotatable bonds is 5. The zero-order valence-electron chi connectivity index (χ0n) is 17.1. The minimum Gasteiger partial charge on any atom is -0.464 e. The van der Waals surface area contributed by atoms with E-state index >= 15 is 0 Å². The predicted molar refractivity (Wildman–Crippen MR) is 118 cm³/mol. The van der Waals surface area contributed by atoms with Crippen LogP contribution in [-0.4, -0.2) is 42.1 Å². The van der Waals surface area contributed by atoms with E-state index < -0.39 is 0 Å². The van der Waals surface area contributed by atoms with Crippen molar-refractivity contribution >= 4 is 24.1 Å². The molecule has 30 heavy (non-hydrogen) atoms. The van der Waals surface area contributed by atoms with E-state index in [-0.39, 0.29) is 24.1 Å². The fourth-order valence-electron chi connectivity index (χ4n) is 3.66. The van der Waals surface area contributed by atoms with Crippen molar-refractivity contribution in [1.29, 1.82) is 0 Å². The first-order valence-corrected chi connectivity index (χ1v) is 9.75. The van der Waals surface area contributed by atoms with Gasteiger partial charge in [-0.3, -0.25) is 9.59 Å². The minimum atomic E-state index is -0.0426. The summed E-state index contributed by atoms with van der Waals surface area (Å²) in [7, 11) is 4.01. The lowest BCUT2D eigenvalue weighted by Gasteiger charge is -2.26. The highest BCUT2D eigenvalue weighted by atomic mass is 35.5. The van der Waals surface area contributed by atoms with Crippen LogP contribution >= 0.6 is 12.4 Å². The molecule has 1 amide bonds. The molecule has 3 aromatic rings. The molecule has 0 saturated heterocycles. The minimum absolute atomic E-state index is 0. The van der Waals surface area contributed by atoms with Crippen LogP contribution in [0, 0.1) is 0 Å². The number of benzene rings is 2. The third-order valence-corrected chi connectivity index (χ3v) is 5.11. The maximum atomic E-state index is 12.9. The third-order valence-electron chi connectivity index (χ3n) is 5.11. The molecule has 0 N–H and O–H groups in total. The molecule has 6 heteroatoms. The van der Waals surface area contributed by atoms with Crippen molar-refractivity contribution in [1.82, 2.24) is 9.80 Å². The molecule has 1 aliphatic rings. The van der Waals surface area contributed by atoms with Gasteiger partial charge in [0.2, 0.25) is 0 Å².